The molecule has 1 aliphatic carbocycles. The van der Waals surface area contributed by atoms with Gasteiger partial charge in [0.05, 0.1) is 6.61 Å². The fourth-order valence-corrected chi connectivity index (χ4v) is 2.51. The molecule has 1 heterocycles. The summed E-state index contributed by atoms with van der Waals surface area (Å²) in [5.41, 5.74) is 2.46. The molecule has 1 aromatic heterocycles. The summed E-state index contributed by atoms with van der Waals surface area (Å²) in [4.78, 5) is 26.9. The third-order valence-corrected chi connectivity index (χ3v) is 3.31. The van der Waals surface area contributed by atoms with E-state index in [1.54, 1.807) is 6.92 Å². The first kappa shape index (κ1) is 14.6. The number of amides is 1. The van der Waals surface area contributed by atoms with E-state index in [4.69, 9.17) is 9.47 Å². The molecule has 0 aliphatic heterocycles. The van der Waals surface area contributed by atoms with Crippen LogP contribution in [0.25, 0.3) is 0 Å². The van der Waals surface area contributed by atoms with Crippen molar-refractivity contribution in [2.45, 2.75) is 32.6 Å². The first-order valence-electron chi connectivity index (χ1n) is 6.87. The zero-order valence-corrected chi connectivity index (χ0v) is 11.9. The molecule has 1 aliphatic rings. The number of esters is 1. The molecule has 0 fully saturated rings. The maximum Gasteiger partial charge on any atom is 0.342 e. The minimum atomic E-state index is -0.389. The van der Waals surface area contributed by atoms with Crippen LogP contribution in [0, 0.1) is 0 Å². The number of carbonyl (C=O) groups excluding carboxylic acids is 2. The highest BCUT2D eigenvalue weighted by atomic mass is 16.5. The molecule has 2 N–H and O–H groups in total. The van der Waals surface area contributed by atoms with Crippen LogP contribution < -0.4 is 5.32 Å². The van der Waals surface area contributed by atoms with Gasteiger partial charge in [-0.05, 0) is 38.2 Å². The van der Waals surface area contributed by atoms with Gasteiger partial charge in [0.25, 0.3) is 5.91 Å². The highest BCUT2D eigenvalue weighted by molar-refractivity contribution is 6.02. The van der Waals surface area contributed by atoms with Crippen LogP contribution in [0.15, 0.2) is 0 Å². The number of nitrogens with one attached hydrogen (secondary N) is 2. The van der Waals surface area contributed by atoms with Gasteiger partial charge < -0.3 is 19.8 Å². The molecule has 0 spiro atoms. The maximum absolute atomic E-state index is 12.1. The summed E-state index contributed by atoms with van der Waals surface area (Å²) in [6, 6.07) is 0. The van der Waals surface area contributed by atoms with Crippen molar-refractivity contribution >= 4 is 17.7 Å². The second kappa shape index (κ2) is 6.56. The smallest absolute Gasteiger partial charge is 0.342 e. The van der Waals surface area contributed by atoms with Crippen LogP contribution >= 0.6 is 0 Å². The number of hydrogen-bond donors (Lipinski definition) is 2. The van der Waals surface area contributed by atoms with Crippen LogP contribution in [0.1, 0.15) is 41.4 Å². The zero-order valence-electron chi connectivity index (χ0n) is 11.9. The van der Waals surface area contributed by atoms with E-state index in [9.17, 15) is 9.59 Å². The predicted molar refractivity (Wildman–Crippen MR) is 73.9 cm³/mol. The summed E-state index contributed by atoms with van der Waals surface area (Å²) in [6.07, 6.45) is 3.85. The summed E-state index contributed by atoms with van der Waals surface area (Å²) in [5, 5.41) is 2.69. The van der Waals surface area contributed by atoms with Crippen molar-refractivity contribution < 1.29 is 19.1 Å². The number of methoxy groups -OCH3 is 1. The van der Waals surface area contributed by atoms with Crippen LogP contribution in [0.2, 0.25) is 0 Å². The minimum Gasteiger partial charge on any atom is -0.462 e. The number of carbonyl (C=O) groups is 2. The van der Waals surface area contributed by atoms with Crippen LogP contribution in [-0.4, -0.2) is 37.2 Å². The summed E-state index contributed by atoms with van der Waals surface area (Å²) in [7, 11) is 1.45. The Morgan fingerprint density at radius 2 is 2.05 bits per heavy atom. The second-order valence-electron chi connectivity index (χ2n) is 4.74. The van der Waals surface area contributed by atoms with Crippen LogP contribution in [0.5, 0.6) is 0 Å². The van der Waals surface area contributed by atoms with Gasteiger partial charge in [-0.1, -0.05) is 0 Å². The lowest BCUT2D eigenvalue weighted by atomic mass is 9.95. The van der Waals surface area contributed by atoms with Gasteiger partial charge in [0.15, 0.2) is 0 Å². The molecule has 0 radical (unpaired) electrons. The van der Waals surface area contributed by atoms with Gasteiger partial charge in [0.1, 0.15) is 18.0 Å². The van der Waals surface area contributed by atoms with Gasteiger partial charge in [-0.25, -0.2) is 4.79 Å². The summed E-state index contributed by atoms with van der Waals surface area (Å²) in [6.45, 7) is 2.02. The predicted octanol–water partition coefficient (Wildman–Crippen LogP) is 1.66. The molecule has 0 bridgehead atoms. The fraction of sp³-hybridized carbons (Fsp3) is 0.571. The van der Waals surface area contributed by atoms with E-state index < -0.39 is 0 Å². The number of H-pyrrole nitrogens is 1. The number of aromatic amines is 1. The molecule has 20 heavy (non-hydrogen) atoms. The van der Waals surface area contributed by atoms with Gasteiger partial charge in [-0.2, -0.15) is 0 Å². The molecule has 6 heteroatoms. The van der Waals surface area contributed by atoms with Gasteiger partial charge in [0, 0.05) is 12.8 Å². The summed E-state index contributed by atoms with van der Waals surface area (Å²) >= 11 is 0. The first-order valence-corrected chi connectivity index (χ1v) is 6.87. The molecule has 110 valence electrons. The molecule has 6 nitrogen and oxygen atoms in total. The second-order valence-corrected chi connectivity index (χ2v) is 4.74. The van der Waals surface area contributed by atoms with Gasteiger partial charge in [0.2, 0.25) is 0 Å². The van der Waals surface area contributed by atoms with Crippen molar-refractivity contribution in [2.24, 2.45) is 0 Å². The average Bonchev–Trinajstić information content (AvgIpc) is 2.76. The Balaban J connectivity index is 2.31. The normalized spacial score (nSPS) is 13.7. The standard InChI is InChI=1S/C14H20N2O4/c1-3-20-14(18)12-9-6-4-5-7-10(9)15-13(12)16-11(17)8-19-2/h15H,3-8H2,1-2H3,(H,16,17). The summed E-state index contributed by atoms with van der Waals surface area (Å²) in [5.74, 6) is -0.256. The highest BCUT2D eigenvalue weighted by Crippen LogP contribution is 2.30. The van der Waals surface area contributed by atoms with Crippen molar-refractivity contribution in [3.05, 3.63) is 16.8 Å². The van der Waals surface area contributed by atoms with E-state index in [-0.39, 0.29) is 18.5 Å². The molecule has 0 saturated heterocycles. The fourth-order valence-electron chi connectivity index (χ4n) is 2.51. The Labute approximate surface area is 117 Å². The van der Waals surface area contributed by atoms with E-state index in [0.717, 1.165) is 36.9 Å². The molecule has 2 rings (SSSR count). The SMILES string of the molecule is CCOC(=O)c1c(NC(=O)COC)[nH]c2c1CCCC2. The van der Waals surface area contributed by atoms with E-state index in [1.807, 2.05) is 0 Å². The Morgan fingerprint density at radius 1 is 1.30 bits per heavy atom. The minimum absolute atomic E-state index is 0.0497. The molecule has 0 atom stereocenters. The van der Waals surface area contributed by atoms with Crippen molar-refractivity contribution in [3.8, 4) is 0 Å². The Morgan fingerprint density at radius 3 is 2.75 bits per heavy atom. The number of rotatable bonds is 5. The molecular weight excluding hydrogens is 260 g/mol. The van der Waals surface area contributed by atoms with Crippen LogP contribution in [0.3, 0.4) is 0 Å². The lowest BCUT2D eigenvalue weighted by Gasteiger charge is -2.12. The lowest BCUT2D eigenvalue weighted by molar-refractivity contribution is -0.119. The average molecular weight is 280 g/mol. The van der Waals surface area contributed by atoms with Crippen molar-refractivity contribution in [3.63, 3.8) is 0 Å². The van der Waals surface area contributed by atoms with Gasteiger partial charge in [-0.3, -0.25) is 4.79 Å². The maximum atomic E-state index is 12.1. The van der Waals surface area contributed by atoms with E-state index in [2.05, 4.69) is 10.3 Å². The number of fused-ring (bicyclic) bond motifs is 1. The van der Waals surface area contributed by atoms with Crippen molar-refractivity contribution in [1.82, 2.24) is 4.98 Å². The molecular formula is C14H20N2O4. The number of aromatic nitrogens is 1. The molecule has 1 amide bonds. The first-order chi connectivity index (χ1) is 9.67. The molecule has 0 unspecified atom stereocenters. The topological polar surface area (TPSA) is 80.4 Å². The highest BCUT2D eigenvalue weighted by Gasteiger charge is 2.26. The Hall–Kier alpha value is -1.82. The van der Waals surface area contributed by atoms with E-state index in [0.29, 0.717) is 18.0 Å². The zero-order chi connectivity index (χ0) is 14.5. The third kappa shape index (κ3) is 3.01. The monoisotopic (exact) mass is 280 g/mol. The van der Waals surface area contributed by atoms with Crippen molar-refractivity contribution in [1.29, 1.82) is 0 Å². The lowest BCUT2D eigenvalue weighted by Crippen LogP contribution is -2.19. The Kier molecular flexibility index (Phi) is 4.79. The van der Waals surface area contributed by atoms with Gasteiger partial charge >= 0.3 is 5.97 Å². The van der Waals surface area contributed by atoms with Gasteiger partial charge in [-0.15, -0.1) is 0 Å². The largest absolute Gasteiger partial charge is 0.462 e. The van der Waals surface area contributed by atoms with E-state index >= 15 is 0 Å². The molecule has 0 aromatic carbocycles. The Bertz CT molecular complexity index is 508. The number of anilines is 1. The van der Waals surface area contributed by atoms with Crippen LogP contribution in [-0.2, 0) is 27.1 Å². The summed E-state index contributed by atoms with van der Waals surface area (Å²) < 4.78 is 9.88. The van der Waals surface area contributed by atoms with Crippen molar-refractivity contribution in [2.75, 3.05) is 25.6 Å². The molecule has 0 saturated carbocycles. The quantitative estimate of drug-likeness (QED) is 0.804. The number of aryl methyl sites for hydroxylation is 1. The number of hydrogen-bond acceptors (Lipinski definition) is 4. The molecule has 1 aromatic rings. The third-order valence-electron chi connectivity index (χ3n) is 3.31. The number of ether oxygens (including phenoxy) is 2. The van der Waals surface area contributed by atoms with E-state index in [1.165, 1.54) is 7.11 Å². The van der Waals surface area contributed by atoms with Crippen LogP contribution in [0.4, 0.5) is 5.82 Å².